The van der Waals surface area contributed by atoms with Gasteiger partial charge in [0, 0.05) is 24.1 Å². The summed E-state index contributed by atoms with van der Waals surface area (Å²) < 4.78 is 5.09. The molecule has 0 aliphatic heterocycles. The summed E-state index contributed by atoms with van der Waals surface area (Å²) in [6.45, 7) is 3.05. The van der Waals surface area contributed by atoms with Crippen LogP contribution in [0.15, 0.2) is 36.5 Å². The van der Waals surface area contributed by atoms with Gasteiger partial charge >= 0.3 is 0 Å². The summed E-state index contributed by atoms with van der Waals surface area (Å²) in [5.74, 6) is 0.277. The minimum atomic E-state index is -0.284. The first-order chi connectivity index (χ1) is 11.6. The number of carbonyl (C=O) groups excluding carboxylic acids is 1. The Labute approximate surface area is 147 Å². The van der Waals surface area contributed by atoms with Crippen LogP contribution in [0, 0.1) is 0 Å². The van der Waals surface area contributed by atoms with E-state index in [1.807, 2.05) is 6.07 Å². The molecule has 2 rings (SSSR count). The molecule has 1 heterocycles. The predicted octanol–water partition coefficient (Wildman–Crippen LogP) is 4.60. The molecule has 24 heavy (non-hydrogen) atoms. The van der Waals surface area contributed by atoms with Crippen LogP contribution >= 0.6 is 11.6 Å². The lowest BCUT2D eigenvalue weighted by Crippen LogP contribution is -2.14. The quantitative estimate of drug-likeness (QED) is 0.685. The topological polar surface area (TPSA) is 63.2 Å². The number of aromatic nitrogens is 1. The van der Waals surface area contributed by atoms with Gasteiger partial charge in [0.2, 0.25) is 0 Å². The van der Waals surface area contributed by atoms with Crippen LogP contribution in [-0.4, -0.2) is 24.5 Å². The molecule has 1 aromatic heterocycles. The van der Waals surface area contributed by atoms with Crippen LogP contribution < -0.4 is 15.4 Å². The molecule has 0 aliphatic carbocycles. The van der Waals surface area contributed by atoms with Gasteiger partial charge in [-0.15, -0.1) is 0 Å². The van der Waals surface area contributed by atoms with Gasteiger partial charge in [0.15, 0.2) is 0 Å². The Hall–Kier alpha value is -2.27. The van der Waals surface area contributed by atoms with E-state index in [1.165, 1.54) is 12.8 Å². The van der Waals surface area contributed by atoms with Crippen molar-refractivity contribution in [3.8, 4) is 5.75 Å². The molecule has 0 atom stereocenters. The van der Waals surface area contributed by atoms with Gasteiger partial charge in [0.25, 0.3) is 5.91 Å². The normalized spacial score (nSPS) is 10.3. The van der Waals surface area contributed by atoms with E-state index in [0.29, 0.717) is 22.2 Å². The number of ether oxygens (including phenoxy) is 1. The second-order valence-electron chi connectivity index (χ2n) is 5.37. The van der Waals surface area contributed by atoms with E-state index in [1.54, 1.807) is 37.6 Å². The highest BCUT2D eigenvalue weighted by Gasteiger charge is 2.10. The number of carbonyl (C=O) groups is 1. The SMILES string of the molecule is CCCCCNc1ccnc(C(=O)Nc2ccc(OC)c(Cl)c2)c1. The molecule has 128 valence electrons. The minimum absolute atomic E-state index is 0.284. The first kappa shape index (κ1) is 18.1. The maximum atomic E-state index is 12.3. The third kappa shape index (κ3) is 5.13. The fraction of sp³-hybridized carbons (Fsp3) is 0.333. The van der Waals surface area contributed by atoms with E-state index >= 15 is 0 Å². The maximum absolute atomic E-state index is 12.3. The van der Waals surface area contributed by atoms with Gasteiger partial charge in [-0.2, -0.15) is 0 Å². The lowest BCUT2D eigenvalue weighted by molar-refractivity contribution is 0.102. The van der Waals surface area contributed by atoms with E-state index in [9.17, 15) is 4.79 Å². The highest BCUT2D eigenvalue weighted by molar-refractivity contribution is 6.32. The predicted molar refractivity (Wildman–Crippen MR) is 98.2 cm³/mol. The summed E-state index contributed by atoms with van der Waals surface area (Å²) in [5, 5.41) is 6.53. The Kier molecular flexibility index (Phi) is 6.88. The average molecular weight is 348 g/mol. The molecule has 2 aromatic rings. The second kappa shape index (κ2) is 9.13. The molecule has 0 saturated heterocycles. The highest BCUT2D eigenvalue weighted by atomic mass is 35.5. The highest BCUT2D eigenvalue weighted by Crippen LogP contribution is 2.27. The number of nitrogens with zero attached hydrogens (tertiary/aromatic N) is 1. The van der Waals surface area contributed by atoms with E-state index in [2.05, 4.69) is 22.5 Å². The van der Waals surface area contributed by atoms with Gasteiger partial charge in [-0.05, 0) is 36.8 Å². The molecule has 6 heteroatoms. The number of unbranched alkanes of at least 4 members (excludes halogenated alkanes) is 2. The lowest BCUT2D eigenvalue weighted by Gasteiger charge is -2.09. The summed E-state index contributed by atoms with van der Waals surface area (Å²) in [5.41, 5.74) is 1.83. The maximum Gasteiger partial charge on any atom is 0.274 e. The van der Waals surface area contributed by atoms with Crippen LogP contribution in [0.4, 0.5) is 11.4 Å². The van der Waals surface area contributed by atoms with E-state index in [4.69, 9.17) is 16.3 Å². The van der Waals surface area contributed by atoms with Gasteiger partial charge in [0.1, 0.15) is 11.4 Å². The Bertz CT molecular complexity index is 692. The van der Waals surface area contributed by atoms with E-state index in [-0.39, 0.29) is 5.91 Å². The average Bonchev–Trinajstić information content (AvgIpc) is 2.59. The standard InChI is InChI=1S/C18H22ClN3O2/c1-3-4-5-9-20-13-8-10-21-16(12-13)18(23)22-14-6-7-17(24-2)15(19)11-14/h6-8,10-12H,3-5,9H2,1-2H3,(H,20,21)(H,22,23). The Morgan fingerprint density at radius 3 is 2.75 bits per heavy atom. The molecule has 0 radical (unpaired) electrons. The van der Waals surface area contributed by atoms with Crippen molar-refractivity contribution in [3.63, 3.8) is 0 Å². The number of halogens is 1. The van der Waals surface area contributed by atoms with Crippen molar-refractivity contribution in [3.05, 3.63) is 47.2 Å². The molecule has 0 spiro atoms. The monoisotopic (exact) mass is 347 g/mol. The third-order valence-corrected chi connectivity index (χ3v) is 3.81. The van der Waals surface area contributed by atoms with Gasteiger partial charge in [-0.3, -0.25) is 9.78 Å². The van der Waals surface area contributed by atoms with E-state index in [0.717, 1.165) is 18.7 Å². The zero-order valence-electron chi connectivity index (χ0n) is 13.9. The van der Waals surface area contributed by atoms with Gasteiger partial charge in [-0.25, -0.2) is 0 Å². The van der Waals surface area contributed by atoms with Crippen LogP contribution in [-0.2, 0) is 0 Å². The van der Waals surface area contributed by atoms with Crippen molar-refractivity contribution in [2.75, 3.05) is 24.3 Å². The molecule has 5 nitrogen and oxygen atoms in total. The van der Waals surface area contributed by atoms with Crippen LogP contribution in [0.25, 0.3) is 0 Å². The van der Waals surface area contributed by atoms with Crippen LogP contribution in [0.1, 0.15) is 36.7 Å². The zero-order valence-corrected chi connectivity index (χ0v) is 14.7. The summed E-state index contributed by atoms with van der Waals surface area (Å²) in [4.78, 5) is 16.5. The van der Waals surface area contributed by atoms with Crippen molar-refractivity contribution < 1.29 is 9.53 Å². The van der Waals surface area contributed by atoms with Crippen LogP contribution in [0.5, 0.6) is 5.75 Å². The Balaban J connectivity index is 2.00. The lowest BCUT2D eigenvalue weighted by atomic mass is 10.2. The zero-order chi connectivity index (χ0) is 17.4. The largest absolute Gasteiger partial charge is 0.495 e. The summed E-state index contributed by atoms with van der Waals surface area (Å²) in [7, 11) is 1.54. The van der Waals surface area contributed by atoms with Gasteiger partial charge in [0.05, 0.1) is 12.1 Å². The van der Waals surface area contributed by atoms with Crippen molar-refractivity contribution >= 4 is 28.9 Å². The first-order valence-corrected chi connectivity index (χ1v) is 8.36. The van der Waals surface area contributed by atoms with Crippen LogP contribution in [0.2, 0.25) is 5.02 Å². The van der Waals surface area contributed by atoms with Gasteiger partial charge < -0.3 is 15.4 Å². The van der Waals surface area contributed by atoms with Crippen molar-refractivity contribution in [1.29, 1.82) is 0 Å². The smallest absolute Gasteiger partial charge is 0.274 e. The van der Waals surface area contributed by atoms with Crippen molar-refractivity contribution in [2.24, 2.45) is 0 Å². The van der Waals surface area contributed by atoms with Crippen molar-refractivity contribution in [1.82, 2.24) is 4.98 Å². The second-order valence-corrected chi connectivity index (χ2v) is 5.77. The van der Waals surface area contributed by atoms with Crippen LogP contribution in [0.3, 0.4) is 0 Å². The first-order valence-electron chi connectivity index (χ1n) is 7.99. The molecule has 1 aromatic carbocycles. The molecule has 0 bridgehead atoms. The van der Waals surface area contributed by atoms with Gasteiger partial charge in [-0.1, -0.05) is 31.4 Å². The third-order valence-electron chi connectivity index (χ3n) is 3.51. The molecular formula is C18H22ClN3O2. The molecule has 2 N–H and O–H groups in total. The Morgan fingerprint density at radius 1 is 1.21 bits per heavy atom. The molecule has 0 aliphatic rings. The molecule has 1 amide bonds. The number of pyridine rings is 1. The molecule has 0 fully saturated rings. The minimum Gasteiger partial charge on any atom is -0.495 e. The number of nitrogens with one attached hydrogen (secondary N) is 2. The van der Waals surface area contributed by atoms with Crippen molar-refractivity contribution in [2.45, 2.75) is 26.2 Å². The number of hydrogen-bond acceptors (Lipinski definition) is 4. The number of benzene rings is 1. The molecule has 0 saturated carbocycles. The number of anilines is 2. The number of hydrogen-bond donors (Lipinski definition) is 2. The van der Waals surface area contributed by atoms with E-state index < -0.39 is 0 Å². The molecular weight excluding hydrogens is 326 g/mol. The number of rotatable bonds is 8. The molecule has 0 unspecified atom stereocenters. The number of methoxy groups -OCH3 is 1. The summed E-state index contributed by atoms with van der Waals surface area (Å²) in [6, 6.07) is 8.68. The fourth-order valence-electron chi connectivity index (χ4n) is 2.21. The Morgan fingerprint density at radius 2 is 2.04 bits per heavy atom. The summed E-state index contributed by atoms with van der Waals surface area (Å²) >= 11 is 6.07. The summed E-state index contributed by atoms with van der Waals surface area (Å²) in [6.07, 6.45) is 5.09. The fourth-order valence-corrected chi connectivity index (χ4v) is 2.47. The number of amides is 1.